The smallest absolute Gasteiger partial charge is 0.0571 e. The quantitative estimate of drug-likeness (QED) is 0.568. The minimum atomic E-state index is 0.0500. The van der Waals surface area contributed by atoms with Crippen molar-refractivity contribution < 1.29 is 5.11 Å². The van der Waals surface area contributed by atoms with Crippen molar-refractivity contribution in [3.63, 3.8) is 0 Å². The Morgan fingerprint density at radius 2 is 1.55 bits per heavy atom. The maximum atomic E-state index is 9.70. The molecule has 3 atom stereocenters. The van der Waals surface area contributed by atoms with E-state index in [4.69, 9.17) is 0 Å². The molecule has 0 aromatic heterocycles. The second-order valence-electron chi connectivity index (χ2n) is 4.21. The van der Waals surface area contributed by atoms with Crippen molar-refractivity contribution in [3.05, 3.63) is 0 Å². The molecule has 0 spiro atoms. The van der Waals surface area contributed by atoms with Gasteiger partial charge in [0.15, 0.2) is 0 Å². The summed E-state index contributed by atoms with van der Waals surface area (Å²) in [5.74, 6) is 1.56. The van der Waals surface area contributed by atoms with Crippen LogP contribution in [0, 0.1) is 11.8 Å². The summed E-state index contributed by atoms with van der Waals surface area (Å²) < 4.78 is 0. The largest absolute Gasteiger partial charge is 0.393 e. The fraction of sp³-hybridized carbons (Fsp3) is 1.00. The van der Waals surface area contributed by atoms with Gasteiger partial charge in [-0.3, -0.25) is 0 Å². The van der Waals surface area contributed by atoms with Crippen molar-refractivity contribution in [1.29, 1.82) is 0 Å². The summed E-state index contributed by atoms with van der Waals surface area (Å²) in [7, 11) is 0. The first-order valence-electron chi connectivity index (χ1n) is 5.06. The van der Waals surface area contributed by atoms with Crippen molar-refractivity contribution in [2.24, 2.45) is 11.8 Å². The molecule has 64 valence electrons. The summed E-state index contributed by atoms with van der Waals surface area (Å²) in [4.78, 5) is 0. The molecule has 1 N–H and O–H groups in total. The van der Waals surface area contributed by atoms with Crippen molar-refractivity contribution in [2.75, 3.05) is 0 Å². The highest BCUT2D eigenvalue weighted by Gasteiger charge is 2.33. The third-order valence-electron chi connectivity index (χ3n) is 3.54. The van der Waals surface area contributed by atoms with Gasteiger partial charge in [-0.05, 0) is 31.1 Å². The van der Waals surface area contributed by atoms with Crippen LogP contribution in [0.5, 0.6) is 0 Å². The van der Waals surface area contributed by atoms with Gasteiger partial charge in [0.25, 0.3) is 0 Å². The molecule has 0 unspecified atom stereocenters. The van der Waals surface area contributed by atoms with E-state index < -0.39 is 0 Å². The highest BCUT2D eigenvalue weighted by atomic mass is 16.3. The summed E-state index contributed by atoms with van der Waals surface area (Å²) in [6, 6.07) is 0. The van der Waals surface area contributed by atoms with Crippen LogP contribution in [0.15, 0.2) is 0 Å². The SMILES string of the molecule is O[C@H]1CCC[C@H]2CCCC[C@@H]21. The molecular formula is C10H18O. The molecule has 0 bridgehead atoms. The second-order valence-corrected chi connectivity index (χ2v) is 4.21. The molecule has 0 heterocycles. The molecule has 0 aliphatic heterocycles. The number of aliphatic hydroxyl groups is 1. The van der Waals surface area contributed by atoms with Crippen LogP contribution < -0.4 is 0 Å². The lowest BCUT2D eigenvalue weighted by Crippen LogP contribution is -2.34. The predicted octanol–water partition coefficient (Wildman–Crippen LogP) is 2.34. The second kappa shape index (κ2) is 3.14. The maximum Gasteiger partial charge on any atom is 0.0571 e. The van der Waals surface area contributed by atoms with Gasteiger partial charge >= 0.3 is 0 Å². The molecule has 0 aromatic rings. The molecular weight excluding hydrogens is 136 g/mol. The van der Waals surface area contributed by atoms with Gasteiger partial charge < -0.3 is 5.11 Å². The Balaban J connectivity index is 1.99. The average molecular weight is 154 g/mol. The lowest BCUT2D eigenvalue weighted by molar-refractivity contribution is 0.0105. The van der Waals surface area contributed by atoms with Gasteiger partial charge in [0, 0.05) is 0 Å². The molecule has 0 radical (unpaired) electrons. The van der Waals surface area contributed by atoms with E-state index in [0.717, 1.165) is 12.3 Å². The Morgan fingerprint density at radius 1 is 0.818 bits per heavy atom. The van der Waals surface area contributed by atoms with Crippen LogP contribution in [-0.4, -0.2) is 11.2 Å². The molecule has 0 aromatic carbocycles. The van der Waals surface area contributed by atoms with Crippen LogP contribution in [-0.2, 0) is 0 Å². The third kappa shape index (κ3) is 1.44. The monoisotopic (exact) mass is 154 g/mol. The summed E-state index contributed by atoms with van der Waals surface area (Å²) >= 11 is 0. The molecule has 1 heteroatoms. The number of aliphatic hydroxyl groups excluding tert-OH is 1. The fourth-order valence-electron chi connectivity index (χ4n) is 2.90. The lowest BCUT2D eigenvalue weighted by atomic mass is 9.69. The van der Waals surface area contributed by atoms with Gasteiger partial charge in [-0.25, -0.2) is 0 Å². The van der Waals surface area contributed by atoms with Crippen LogP contribution >= 0.6 is 0 Å². The van der Waals surface area contributed by atoms with E-state index in [1.165, 1.54) is 38.5 Å². The molecule has 0 saturated heterocycles. The van der Waals surface area contributed by atoms with E-state index in [-0.39, 0.29) is 6.10 Å². The predicted molar refractivity (Wildman–Crippen MR) is 45.3 cm³/mol. The summed E-state index contributed by atoms with van der Waals surface area (Å²) in [5.41, 5.74) is 0. The Hall–Kier alpha value is -0.0400. The third-order valence-corrected chi connectivity index (χ3v) is 3.54. The number of fused-ring (bicyclic) bond motifs is 1. The Labute approximate surface area is 68.8 Å². The topological polar surface area (TPSA) is 20.2 Å². The zero-order valence-corrected chi connectivity index (χ0v) is 7.13. The van der Waals surface area contributed by atoms with Crippen LogP contribution in [0.4, 0.5) is 0 Å². The molecule has 0 amide bonds. The highest BCUT2D eigenvalue weighted by molar-refractivity contribution is 4.84. The van der Waals surface area contributed by atoms with Crippen LogP contribution in [0.2, 0.25) is 0 Å². The van der Waals surface area contributed by atoms with E-state index >= 15 is 0 Å². The number of rotatable bonds is 0. The minimum Gasteiger partial charge on any atom is -0.393 e. The normalized spacial score (nSPS) is 45.0. The number of hydrogen-bond donors (Lipinski definition) is 1. The van der Waals surface area contributed by atoms with Gasteiger partial charge in [-0.2, -0.15) is 0 Å². The van der Waals surface area contributed by atoms with E-state index in [1.54, 1.807) is 0 Å². The summed E-state index contributed by atoms with van der Waals surface area (Å²) in [5, 5.41) is 9.70. The molecule has 2 saturated carbocycles. The van der Waals surface area contributed by atoms with Crippen molar-refractivity contribution >= 4 is 0 Å². The standard InChI is InChI=1S/C10H18O/c11-10-7-3-5-8-4-1-2-6-9(8)10/h8-11H,1-7H2/t8-,9+,10+/m1/s1. The number of hydrogen-bond acceptors (Lipinski definition) is 1. The maximum absolute atomic E-state index is 9.70. The van der Waals surface area contributed by atoms with E-state index in [9.17, 15) is 5.11 Å². The molecule has 11 heavy (non-hydrogen) atoms. The van der Waals surface area contributed by atoms with Crippen molar-refractivity contribution in [2.45, 2.75) is 51.0 Å². The molecule has 2 fully saturated rings. The van der Waals surface area contributed by atoms with Crippen molar-refractivity contribution in [1.82, 2.24) is 0 Å². The van der Waals surface area contributed by atoms with Gasteiger partial charge in [0.05, 0.1) is 6.10 Å². The van der Waals surface area contributed by atoms with E-state index in [1.807, 2.05) is 0 Å². The average Bonchev–Trinajstić information content (AvgIpc) is 2.06. The Morgan fingerprint density at radius 3 is 2.36 bits per heavy atom. The van der Waals surface area contributed by atoms with Crippen LogP contribution in [0.25, 0.3) is 0 Å². The van der Waals surface area contributed by atoms with Crippen molar-refractivity contribution in [3.8, 4) is 0 Å². The van der Waals surface area contributed by atoms with E-state index in [2.05, 4.69) is 0 Å². The zero-order chi connectivity index (χ0) is 7.68. The van der Waals surface area contributed by atoms with Crippen LogP contribution in [0.1, 0.15) is 44.9 Å². The summed E-state index contributed by atoms with van der Waals surface area (Å²) in [6.07, 6.45) is 9.24. The lowest BCUT2D eigenvalue weighted by Gasteiger charge is -2.38. The molecule has 2 rings (SSSR count). The fourth-order valence-corrected chi connectivity index (χ4v) is 2.90. The first-order chi connectivity index (χ1) is 5.38. The van der Waals surface area contributed by atoms with Gasteiger partial charge in [0.1, 0.15) is 0 Å². The van der Waals surface area contributed by atoms with Gasteiger partial charge in [0.2, 0.25) is 0 Å². The molecule has 2 aliphatic carbocycles. The minimum absolute atomic E-state index is 0.0500. The van der Waals surface area contributed by atoms with Gasteiger partial charge in [-0.15, -0.1) is 0 Å². The molecule has 1 nitrogen and oxygen atoms in total. The van der Waals surface area contributed by atoms with E-state index in [0.29, 0.717) is 5.92 Å². The molecule has 2 aliphatic rings. The first-order valence-corrected chi connectivity index (χ1v) is 5.06. The highest BCUT2D eigenvalue weighted by Crippen LogP contribution is 2.40. The first kappa shape index (κ1) is 7.60. The Kier molecular flexibility index (Phi) is 2.17. The van der Waals surface area contributed by atoms with Crippen LogP contribution in [0.3, 0.4) is 0 Å². The van der Waals surface area contributed by atoms with Gasteiger partial charge in [-0.1, -0.05) is 25.7 Å². The summed E-state index contributed by atoms with van der Waals surface area (Å²) in [6.45, 7) is 0. The zero-order valence-electron chi connectivity index (χ0n) is 7.13. The Bertz CT molecular complexity index is 131.